The van der Waals surface area contributed by atoms with Crippen molar-refractivity contribution in [3.8, 4) is 0 Å². The Kier molecular flexibility index (Phi) is 4.88. The van der Waals surface area contributed by atoms with Gasteiger partial charge in [-0.3, -0.25) is 0 Å². The van der Waals surface area contributed by atoms with Gasteiger partial charge in [-0.1, -0.05) is 32.6 Å². The molecular weight excluding hydrogens is 185 g/mol. The third-order valence-corrected chi connectivity index (χ3v) is 1.81. The van der Waals surface area contributed by atoms with E-state index in [-0.39, 0.29) is 32.7 Å². The first-order valence-corrected chi connectivity index (χ1v) is 3.31. The van der Waals surface area contributed by atoms with Crippen LogP contribution in [0.5, 0.6) is 0 Å². The van der Waals surface area contributed by atoms with Gasteiger partial charge in [-0.2, -0.15) is 0 Å². The summed E-state index contributed by atoms with van der Waals surface area (Å²) in [5, 5.41) is 0. The van der Waals surface area contributed by atoms with Gasteiger partial charge in [0, 0.05) is 0 Å². The van der Waals surface area contributed by atoms with E-state index >= 15 is 0 Å². The summed E-state index contributed by atoms with van der Waals surface area (Å²) in [7, 11) is 0. The minimum absolute atomic E-state index is 0. The second kappa shape index (κ2) is 4.52. The minimum Gasteiger partial charge on any atom is -0.242 e. The van der Waals surface area contributed by atoms with Crippen molar-refractivity contribution in [2.75, 3.05) is 0 Å². The second-order valence-electron chi connectivity index (χ2n) is 2.59. The zero-order chi connectivity index (χ0) is 5.98. The molecule has 0 N–H and O–H groups in total. The van der Waals surface area contributed by atoms with Crippen LogP contribution in [0.1, 0.15) is 32.6 Å². The van der Waals surface area contributed by atoms with Crippen LogP contribution < -0.4 is 0 Å². The van der Waals surface area contributed by atoms with Gasteiger partial charge >= 0.3 is 32.7 Å². The Labute approximate surface area is 83.0 Å². The predicted molar refractivity (Wildman–Crippen MR) is 36.5 cm³/mol. The summed E-state index contributed by atoms with van der Waals surface area (Å²) in [5.41, 5.74) is 1.31. The van der Waals surface area contributed by atoms with Crippen molar-refractivity contribution >= 4 is 0 Å². The number of rotatable bonds is 1. The molecule has 0 heterocycles. The van der Waals surface area contributed by atoms with Gasteiger partial charge in [-0.25, -0.2) is 18.1 Å². The molecule has 1 heteroatoms. The molecule has 0 aromatic rings. The topological polar surface area (TPSA) is 0 Å². The van der Waals surface area contributed by atoms with E-state index in [9.17, 15) is 0 Å². The molecule has 0 aromatic heterocycles. The van der Waals surface area contributed by atoms with Crippen molar-refractivity contribution < 1.29 is 32.7 Å². The summed E-state index contributed by atoms with van der Waals surface area (Å²) in [5.74, 6) is 1.60. The quantitative estimate of drug-likeness (QED) is 0.568. The zero-order valence-corrected chi connectivity index (χ0v) is 8.95. The van der Waals surface area contributed by atoms with Crippen LogP contribution in [0.2, 0.25) is 0 Å². The van der Waals surface area contributed by atoms with E-state index in [1.807, 2.05) is 0 Å². The number of hydrogen-bond acceptors (Lipinski definition) is 0. The fourth-order valence-electron chi connectivity index (χ4n) is 1.23. The fraction of sp³-hybridized carbons (Fsp3) is 0.625. The Bertz CT molecular complexity index is 90.7. The molecule has 0 saturated heterocycles. The van der Waals surface area contributed by atoms with Crippen LogP contribution in [0, 0.1) is 5.92 Å². The number of hydrogen-bond donors (Lipinski definition) is 0. The van der Waals surface area contributed by atoms with Crippen molar-refractivity contribution in [3.63, 3.8) is 0 Å². The Balaban J connectivity index is 0.000000640. The molecule has 0 bridgehead atoms. The van der Waals surface area contributed by atoms with Crippen LogP contribution in [0.3, 0.4) is 0 Å². The largest absolute Gasteiger partial charge is 3.00 e. The first-order valence-electron chi connectivity index (χ1n) is 3.31. The van der Waals surface area contributed by atoms with Crippen molar-refractivity contribution in [3.05, 3.63) is 18.1 Å². The average molecular weight is 198 g/mol. The Morgan fingerprint density at radius 1 is 1.33 bits per heavy atom. The van der Waals surface area contributed by atoms with Gasteiger partial charge in [0.1, 0.15) is 0 Å². The Morgan fingerprint density at radius 3 is 2.00 bits per heavy atom. The molecule has 1 aliphatic carbocycles. The van der Waals surface area contributed by atoms with Gasteiger partial charge < -0.3 is 0 Å². The second-order valence-corrected chi connectivity index (χ2v) is 2.59. The van der Waals surface area contributed by atoms with Gasteiger partial charge in [-0.05, 0) is 0 Å². The van der Waals surface area contributed by atoms with E-state index in [4.69, 9.17) is 0 Å². The molecule has 1 aliphatic rings. The molecular formula is C8H13Y+2. The van der Waals surface area contributed by atoms with Crippen molar-refractivity contribution in [1.29, 1.82) is 0 Å². The van der Waals surface area contributed by atoms with Gasteiger partial charge in [0.05, 0.1) is 0 Å². The van der Waals surface area contributed by atoms with Crippen LogP contribution >= 0.6 is 0 Å². The molecule has 1 fully saturated rings. The number of allylic oxidation sites excluding steroid dienone is 1. The summed E-state index contributed by atoms with van der Waals surface area (Å²) in [4.78, 5) is 0. The first-order chi connectivity index (χ1) is 3.80. The normalized spacial score (nSPS) is 17.2. The molecule has 0 aliphatic heterocycles. The molecule has 1 rings (SSSR count). The summed E-state index contributed by atoms with van der Waals surface area (Å²) in [6.45, 7) is 6.01. The van der Waals surface area contributed by atoms with Crippen molar-refractivity contribution in [1.82, 2.24) is 0 Å². The molecule has 9 heavy (non-hydrogen) atoms. The SMILES string of the molecule is C=C(C)[C-]1CCCC1.[Y+3]. The van der Waals surface area contributed by atoms with Crippen LogP contribution in [0.4, 0.5) is 0 Å². The molecule has 0 radical (unpaired) electrons. The van der Waals surface area contributed by atoms with E-state index in [0.717, 1.165) is 0 Å². The smallest absolute Gasteiger partial charge is 0.242 e. The van der Waals surface area contributed by atoms with Gasteiger partial charge in [0.2, 0.25) is 0 Å². The molecule has 0 unspecified atom stereocenters. The summed E-state index contributed by atoms with van der Waals surface area (Å²) in [6, 6.07) is 0. The monoisotopic (exact) mass is 198 g/mol. The maximum Gasteiger partial charge on any atom is 3.00 e. The maximum atomic E-state index is 3.90. The third-order valence-electron chi connectivity index (χ3n) is 1.81. The van der Waals surface area contributed by atoms with Crippen LogP contribution in [0.15, 0.2) is 12.2 Å². The molecule has 46 valence electrons. The molecule has 0 aromatic carbocycles. The molecule has 0 nitrogen and oxygen atoms in total. The fourth-order valence-corrected chi connectivity index (χ4v) is 1.23. The summed E-state index contributed by atoms with van der Waals surface area (Å²) in [6.07, 6.45) is 5.41. The summed E-state index contributed by atoms with van der Waals surface area (Å²) < 4.78 is 0. The van der Waals surface area contributed by atoms with Crippen LogP contribution in [-0.2, 0) is 32.7 Å². The van der Waals surface area contributed by atoms with E-state index in [1.165, 1.54) is 31.3 Å². The molecule has 0 amide bonds. The van der Waals surface area contributed by atoms with E-state index < -0.39 is 0 Å². The first kappa shape index (κ1) is 9.71. The minimum atomic E-state index is 0. The van der Waals surface area contributed by atoms with Gasteiger partial charge in [-0.15, -0.1) is 0 Å². The zero-order valence-electron chi connectivity index (χ0n) is 6.11. The van der Waals surface area contributed by atoms with Crippen LogP contribution in [-0.4, -0.2) is 0 Å². The molecule has 0 atom stereocenters. The molecule has 1 saturated carbocycles. The standard InChI is InChI=1S/C8H13.Y/c1-7(2)8-5-3-4-6-8;/h1,3-6H2,2H3;/q-1;+3. The Hall–Kier alpha value is 0.714. The predicted octanol–water partition coefficient (Wildman–Crippen LogP) is 2.71. The molecule has 0 spiro atoms. The third kappa shape index (κ3) is 2.86. The summed E-state index contributed by atoms with van der Waals surface area (Å²) >= 11 is 0. The van der Waals surface area contributed by atoms with Crippen molar-refractivity contribution in [2.45, 2.75) is 32.6 Å². The Morgan fingerprint density at radius 2 is 1.78 bits per heavy atom. The van der Waals surface area contributed by atoms with E-state index in [2.05, 4.69) is 13.5 Å². The van der Waals surface area contributed by atoms with E-state index in [0.29, 0.717) is 0 Å². The van der Waals surface area contributed by atoms with Crippen LogP contribution in [0.25, 0.3) is 0 Å². The van der Waals surface area contributed by atoms with Gasteiger partial charge in [0.25, 0.3) is 0 Å². The maximum absolute atomic E-state index is 3.90. The van der Waals surface area contributed by atoms with Crippen molar-refractivity contribution in [2.24, 2.45) is 0 Å². The van der Waals surface area contributed by atoms with E-state index in [1.54, 1.807) is 5.92 Å². The average Bonchev–Trinajstić information content (AvgIpc) is 2.12. The van der Waals surface area contributed by atoms with Gasteiger partial charge in [0.15, 0.2) is 0 Å².